The van der Waals surface area contributed by atoms with Gasteiger partial charge in [0.05, 0.1) is 18.5 Å². The van der Waals surface area contributed by atoms with Gasteiger partial charge < -0.3 is 15.5 Å². The van der Waals surface area contributed by atoms with E-state index in [-0.39, 0.29) is 24.3 Å². The molecule has 0 saturated carbocycles. The number of carbonyl (C=O) groups is 2. The molecule has 0 bridgehead atoms. The van der Waals surface area contributed by atoms with Crippen LogP contribution in [0.2, 0.25) is 0 Å². The highest BCUT2D eigenvalue weighted by molar-refractivity contribution is 5.94. The molecule has 2 atom stereocenters. The van der Waals surface area contributed by atoms with Crippen molar-refractivity contribution in [3.63, 3.8) is 0 Å². The van der Waals surface area contributed by atoms with Crippen molar-refractivity contribution in [1.29, 1.82) is 0 Å². The lowest BCUT2D eigenvalue weighted by Crippen LogP contribution is -2.37. The van der Waals surface area contributed by atoms with E-state index in [0.29, 0.717) is 12.1 Å². The first-order valence-electron chi connectivity index (χ1n) is 10.8. The molecule has 0 saturated heterocycles. The fourth-order valence-corrected chi connectivity index (χ4v) is 3.62. The normalized spacial score (nSPS) is 12.8. The van der Waals surface area contributed by atoms with E-state index < -0.39 is 6.04 Å². The predicted octanol–water partition coefficient (Wildman–Crippen LogP) is 4.28. The van der Waals surface area contributed by atoms with Crippen molar-refractivity contribution in [2.45, 2.75) is 25.4 Å². The van der Waals surface area contributed by atoms with Gasteiger partial charge in [0.15, 0.2) is 0 Å². The Bertz CT molecular complexity index is 1000. The molecular formula is C27H31N3O2. The first kappa shape index (κ1) is 23.2. The first-order chi connectivity index (χ1) is 15.4. The molecule has 3 rings (SSSR count). The molecule has 0 aliphatic carbocycles. The molecular weight excluding hydrogens is 398 g/mol. The maximum atomic E-state index is 12.9. The Hall–Kier alpha value is -3.44. The van der Waals surface area contributed by atoms with Crippen molar-refractivity contribution in [3.05, 3.63) is 107 Å². The van der Waals surface area contributed by atoms with Gasteiger partial charge in [-0.25, -0.2) is 0 Å². The van der Waals surface area contributed by atoms with E-state index in [1.165, 1.54) is 5.56 Å². The molecule has 0 heterocycles. The van der Waals surface area contributed by atoms with Crippen LogP contribution < -0.4 is 10.6 Å². The van der Waals surface area contributed by atoms with Gasteiger partial charge in [-0.3, -0.25) is 9.59 Å². The summed E-state index contributed by atoms with van der Waals surface area (Å²) < 4.78 is 0. The van der Waals surface area contributed by atoms with Crippen molar-refractivity contribution in [3.8, 4) is 0 Å². The molecule has 32 heavy (non-hydrogen) atoms. The third-order valence-corrected chi connectivity index (χ3v) is 5.51. The number of nitrogens with zero attached hydrogens (tertiary/aromatic N) is 1. The number of benzene rings is 3. The molecule has 0 radical (unpaired) electrons. The van der Waals surface area contributed by atoms with Crippen molar-refractivity contribution in [1.82, 2.24) is 15.5 Å². The molecule has 3 aromatic rings. The quantitative estimate of drug-likeness (QED) is 0.534. The minimum atomic E-state index is -0.416. The number of hydrogen-bond donors (Lipinski definition) is 2. The zero-order chi connectivity index (χ0) is 22.9. The van der Waals surface area contributed by atoms with Gasteiger partial charge in [0, 0.05) is 12.1 Å². The Morgan fingerprint density at radius 1 is 0.812 bits per heavy atom. The smallest absolute Gasteiger partial charge is 0.251 e. The third kappa shape index (κ3) is 6.53. The van der Waals surface area contributed by atoms with Gasteiger partial charge in [0.2, 0.25) is 5.91 Å². The molecule has 5 nitrogen and oxygen atoms in total. The zero-order valence-electron chi connectivity index (χ0n) is 18.9. The second kappa shape index (κ2) is 11.3. The fraction of sp³-hybridized carbons (Fsp3) is 0.259. The highest BCUT2D eigenvalue weighted by Crippen LogP contribution is 2.20. The first-order valence-corrected chi connectivity index (χ1v) is 10.8. The standard InChI is InChI=1S/C27H31N3O2/c1-20-14-16-22(17-15-20)25(30(2)3)19-28-26(31)18-24(21-10-6-4-7-11-21)29-27(32)23-12-8-5-9-13-23/h4-17,24-25H,18-19H2,1-3H3,(H,28,31)(H,29,32). The Balaban J connectivity index is 1.67. The van der Waals surface area contributed by atoms with Crippen molar-refractivity contribution in [2.75, 3.05) is 20.6 Å². The Morgan fingerprint density at radius 3 is 2.00 bits per heavy atom. The fourth-order valence-electron chi connectivity index (χ4n) is 3.62. The maximum absolute atomic E-state index is 12.9. The summed E-state index contributed by atoms with van der Waals surface area (Å²) in [4.78, 5) is 27.7. The Kier molecular flexibility index (Phi) is 8.17. The summed E-state index contributed by atoms with van der Waals surface area (Å²) in [5.74, 6) is -0.302. The molecule has 2 N–H and O–H groups in total. The molecule has 0 aromatic heterocycles. The monoisotopic (exact) mass is 429 g/mol. The number of likely N-dealkylation sites (N-methyl/N-ethyl adjacent to an activating group) is 1. The van der Waals surface area contributed by atoms with Crippen LogP contribution in [0, 0.1) is 6.92 Å². The third-order valence-electron chi connectivity index (χ3n) is 5.51. The summed E-state index contributed by atoms with van der Waals surface area (Å²) in [5, 5.41) is 6.08. The van der Waals surface area contributed by atoms with E-state index in [9.17, 15) is 9.59 Å². The number of amides is 2. The Morgan fingerprint density at radius 2 is 1.41 bits per heavy atom. The molecule has 2 amide bonds. The highest BCUT2D eigenvalue weighted by atomic mass is 16.2. The van der Waals surface area contributed by atoms with Crippen molar-refractivity contribution >= 4 is 11.8 Å². The van der Waals surface area contributed by atoms with Gasteiger partial charge in [-0.2, -0.15) is 0 Å². The molecule has 0 aliphatic heterocycles. The lowest BCUT2D eigenvalue weighted by atomic mass is 10.0. The van der Waals surface area contributed by atoms with Gasteiger partial charge in [0.25, 0.3) is 5.91 Å². The molecule has 5 heteroatoms. The van der Waals surface area contributed by atoms with Gasteiger partial charge >= 0.3 is 0 Å². The van der Waals surface area contributed by atoms with Crippen LogP contribution in [0.5, 0.6) is 0 Å². The second-order valence-electron chi connectivity index (χ2n) is 8.20. The topological polar surface area (TPSA) is 61.4 Å². The van der Waals surface area contributed by atoms with E-state index in [2.05, 4.69) is 46.7 Å². The minimum Gasteiger partial charge on any atom is -0.354 e. The summed E-state index contributed by atoms with van der Waals surface area (Å²) in [6.45, 7) is 2.55. The lowest BCUT2D eigenvalue weighted by molar-refractivity contribution is -0.121. The molecule has 0 fully saturated rings. The maximum Gasteiger partial charge on any atom is 0.251 e. The van der Waals surface area contributed by atoms with E-state index in [1.807, 2.05) is 62.6 Å². The number of hydrogen-bond acceptors (Lipinski definition) is 3. The predicted molar refractivity (Wildman–Crippen MR) is 128 cm³/mol. The van der Waals surface area contributed by atoms with Gasteiger partial charge in [0.1, 0.15) is 0 Å². The van der Waals surface area contributed by atoms with Crippen molar-refractivity contribution < 1.29 is 9.59 Å². The van der Waals surface area contributed by atoms with E-state index in [1.54, 1.807) is 12.1 Å². The van der Waals surface area contributed by atoms with Gasteiger partial charge in [-0.05, 0) is 44.3 Å². The Labute approximate surface area is 190 Å². The molecule has 0 spiro atoms. The average molecular weight is 430 g/mol. The molecule has 3 aromatic carbocycles. The number of carbonyl (C=O) groups excluding carboxylic acids is 2. The van der Waals surface area contributed by atoms with Crippen LogP contribution >= 0.6 is 0 Å². The number of aryl methyl sites for hydroxylation is 1. The SMILES string of the molecule is Cc1ccc(C(CNC(=O)CC(NC(=O)c2ccccc2)c2ccccc2)N(C)C)cc1. The second-order valence-corrected chi connectivity index (χ2v) is 8.20. The average Bonchev–Trinajstić information content (AvgIpc) is 2.81. The van der Waals surface area contributed by atoms with Crippen LogP contribution in [0.15, 0.2) is 84.9 Å². The number of rotatable bonds is 9. The minimum absolute atomic E-state index is 0.0636. The van der Waals surface area contributed by atoms with Crippen LogP contribution in [-0.4, -0.2) is 37.4 Å². The van der Waals surface area contributed by atoms with E-state index in [4.69, 9.17) is 0 Å². The summed E-state index contributed by atoms with van der Waals surface area (Å²) in [7, 11) is 4.01. The number of nitrogens with one attached hydrogen (secondary N) is 2. The highest BCUT2D eigenvalue weighted by Gasteiger charge is 2.21. The largest absolute Gasteiger partial charge is 0.354 e. The summed E-state index contributed by atoms with van der Waals surface area (Å²) >= 11 is 0. The van der Waals surface area contributed by atoms with Gasteiger partial charge in [-0.15, -0.1) is 0 Å². The van der Waals surface area contributed by atoms with Crippen LogP contribution in [0.4, 0.5) is 0 Å². The molecule has 166 valence electrons. The summed E-state index contributed by atoms with van der Waals surface area (Å²) in [6, 6.07) is 26.7. The van der Waals surface area contributed by atoms with Crippen LogP contribution in [0.25, 0.3) is 0 Å². The van der Waals surface area contributed by atoms with Crippen LogP contribution in [0.3, 0.4) is 0 Å². The van der Waals surface area contributed by atoms with E-state index in [0.717, 1.165) is 11.1 Å². The zero-order valence-corrected chi connectivity index (χ0v) is 18.9. The molecule has 0 aliphatic rings. The summed E-state index contributed by atoms with van der Waals surface area (Å²) in [5.41, 5.74) is 3.82. The van der Waals surface area contributed by atoms with Gasteiger partial charge in [-0.1, -0.05) is 78.4 Å². The summed E-state index contributed by atoms with van der Waals surface area (Å²) in [6.07, 6.45) is 0.163. The molecule has 2 unspecified atom stereocenters. The van der Waals surface area contributed by atoms with Crippen LogP contribution in [-0.2, 0) is 4.79 Å². The van der Waals surface area contributed by atoms with Crippen molar-refractivity contribution in [2.24, 2.45) is 0 Å². The van der Waals surface area contributed by atoms with Crippen LogP contribution in [0.1, 0.15) is 45.6 Å². The van der Waals surface area contributed by atoms with E-state index >= 15 is 0 Å². The lowest BCUT2D eigenvalue weighted by Gasteiger charge is -2.26.